The monoisotopic (exact) mass is 399 g/mol. The molecule has 1 aliphatic heterocycles. The summed E-state index contributed by atoms with van der Waals surface area (Å²) in [4.78, 5) is 23.1. The van der Waals surface area contributed by atoms with Crippen molar-refractivity contribution in [3.8, 4) is 0 Å². The summed E-state index contributed by atoms with van der Waals surface area (Å²) in [6, 6.07) is 11.8. The Morgan fingerprint density at radius 1 is 1.14 bits per heavy atom. The second-order valence-corrected chi connectivity index (χ2v) is 6.41. The molecule has 1 amide bonds. The van der Waals surface area contributed by atoms with Crippen LogP contribution in [0, 0.1) is 0 Å². The molecule has 1 aliphatic rings. The van der Waals surface area contributed by atoms with E-state index in [1.165, 1.54) is 12.1 Å². The van der Waals surface area contributed by atoms with Gasteiger partial charge in [0, 0.05) is 18.3 Å². The Bertz CT molecular complexity index is 1010. The summed E-state index contributed by atoms with van der Waals surface area (Å²) in [5.41, 5.74) is 1.53. The van der Waals surface area contributed by atoms with Gasteiger partial charge in [0.15, 0.2) is 0 Å². The zero-order chi connectivity index (χ0) is 21.0. The number of rotatable bonds is 5. The van der Waals surface area contributed by atoms with Gasteiger partial charge in [-0.3, -0.25) is 9.79 Å². The second kappa shape index (κ2) is 8.43. The van der Waals surface area contributed by atoms with Gasteiger partial charge >= 0.3 is 6.18 Å². The van der Waals surface area contributed by atoms with E-state index in [0.29, 0.717) is 24.3 Å². The lowest BCUT2D eigenvalue weighted by Crippen LogP contribution is -2.32. The van der Waals surface area contributed by atoms with Crippen LogP contribution in [0.2, 0.25) is 0 Å². The number of fused-ring (bicyclic) bond motifs is 1. The Balaban J connectivity index is 2.01. The molecule has 29 heavy (non-hydrogen) atoms. The average Bonchev–Trinajstić information content (AvgIpc) is 2.96. The molecule has 0 saturated heterocycles. The highest BCUT2D eigenvalue weighted by molar-refractivity contribution is 6.54. The summed E-state index contributed by atoms with van der Waals surface area (Å²) in [6.45, 7) is 4.71. The second-order valence-electron chi connectivity index (χ2n) is 6.41. The molecule has 150 valence electrons. The van der Waals surface area contributed by atoms with Crippen LogP contribution in [0.4, 0.5) is 24.5 Å². The molecule has 7 heteroatoms. The molecular formula is C22H20F3N3O. The molecule has 1 heterocycles. The first kappa shape index (κ1) is 20.5. The number of amides is 1. The number of alkyl halides is 3. The number of carbonyl (C=O) groups is 1. The number of carbonyl (C=O) groups excluding carboxylic acids is 1. The van der Waals surface area contributed by atoms with Gasteiger partial charge in [0.2, 0.25) is 0 Å². The van der Waals surface area contributed by atoms with Crippen molar-refractivity contribution >= 4 is 29.2 Å². The van der Waals surface area contributed by atoms with Crippen LogP contribution >= 0.6 is 0 Å². The number of anilines is 1. The fraction of sp³-hybridized carbons (Fsp3) is 0.227. The zero-order valence-corrected chi connectivity index (χ0v) is 16.1. The van der Waals surface area contributed by atoms with Gasteiger partial charge in [0.1, 0.15) is 5.71 Å². The highest BCUT2D eigenvalue weighted by atomic mass is 19.4. The van der Waals surface area contributed by atoms with Crippen molar-refractivity contribution in [2.45, 2.75) is 20.0 Å². The summed E-state index contributed by atoms with van der Waals surface area (Å²) in [5.74, 6) is -0.354. The Labute approximate surface area is 167 Å². The molecule has 0 aromatic heterocycles. The highest BCUT2D eigenvalue weighted by Crippen LogP contribution is 2.34. The molecular weight excluding hydrogens is 379 g/mol. The van der Waals surface area contributed by atoms with Crippen LogP contribution in [0.5, 0.6) is 0 Å². The lowest BCUT2D eigenvalue weighted by atomic mass is 10.1. The molecule has 4 nitrogen and oxygen atoms in total. The summed E-state index contributed by atoms with van der Waals surface area (Å²) < 4.78 is 39.0. The number of allylic oxidation sites excluding steroid dienone is 1. The number of halogens is 3. The molecule has 0 saturated carbocycles. The molecule has 0 spiro atoms. The summed E-state index contributed by atoms with van der Waals surface area (Å²) >= 11 is 0. The Morgan fingerprint density at radius 2 is 1.90 bits per heavy atom. The first-order valence-corrected chi connectivity index (χ1v) is 9.17. The maximum absolute atomic E-state index is 13.1. The van der Waals surface area contributed by atoms with Crippen LogP contribution in [0.15, 0.2) is 70.2 Å². The van der Waals surface area contributed by atoms with Gasteiger partial charge in [0.25, 0.3) is 5.91 Å². The Kier molecular flexibility index (Phi) is 5.96. The van der Waals surface area contributed by atoms with E-state index in [4.69, 9.17) is 0 Å². The molecule has 3 rings (SSSR count). The molecule has 0 bridgehead atoms. The standard InChI is InChI=1S/C22H20F3N3O/c1-3-15(13-26-4-2)14-28-19-11-6-5-10-18(19)20(21(28)29)27-17-9-7-8-16(12-17)22(23,24)25/h3,5-13H,4,14H2,1-2H3/b15-3+,26-13?,27-20?. The first-order chi connectivity index (χ1) is 13.8. The lowest BCUT2D eigenvalue weighted by Gasteiger charge is -2.17. The van der Waals surface area contributed by atoms with Crippen molar-refractivity contribution in [1.82, 2.24) is 0 Å². The quantitative estimate of drug-likeness (QED) is 0.637. The molecule has 0 atom stereocenters. The molecule has 0 N–H and O–H groups in total. The third-order valence-electron chi connectivity index (χ3n) is 4.46. The van der Waals surface area contributed by atoms with Crippen LogP contribution in [0.1, 0.15) is 25.0 Å². The van der Waals surface area contributed by atoms with Crippen molar-refractivity contribution in [1.29, 1.82) is 0 Å². The predicted octanol–water partition coefficient (Wildman–Crippen LogP) is 5.21. The maximum atomic E-state index is 13.1. The minimum atomic E-state index is -4.47. The van der Waals surface area contributed by atoms with Crippen LogP contribution in [-0.4, -0.2) is 30.9 Å². The average molecular weight is 399 g/mol. The van der Waals surface area contributed by atoms with E-state index in [2.05, 4.69) is 9.98 Å². The molecule has 2 aromatic carbocycles. The van der Waals surface area contributed by atoms with Gasteiger partial charge in [-0.2, -0.15) is 13.2 Å². The maximum Gasteiger partial charge on any atom is 0.416 e. The fourth-order valence-electron chi connectivity index (χ4n) is 3.01. The molecule has 0 radical (unpaired) electrons. The summed E-state index contributed by atoms with van der Waals surface area (Å²) in [7, 11) is 0. The smallest absolute Gasteiger partial charge is 0.302 e. The molecule has 0 aliphatic carbocycles. The fourth-order valence-corrected chi connectivity index (χ4v) is 3.01. The third kappa shape index (κ3) is 4.45. The van der Waals surface area contributed by atoms with Crippen molar-refractivity contribution in [2.24, 2.45) is 9.98 Å². The van der Waals surface area contributed by atoms with Crippen molar-refractivity contribution in [3.05, 3.63) is 71.3 Å². The minimum absolute atomic E-state index is 0.0821. The van der Waals surface area contributed by atoms with Gasteiger partial charge in [-0.15, -0.1) is 0 Å². The van der Waals surface area contributed by atoms with E-state index in [0.717, 1.165) is 17.7 Å². The van der Waals surface area contributed by atoms with E-state index < -0.39 is 11.7 Å². The number of nitrogens with zero attached hydrogens (tertiary/aromatic N) is 3. The van der Waals surface area contributed by atoms with Gasteiger partial charge in [-0.1, -0.05) is 30.3 Å². The van der Waals surface area contributed by atoms with E-state index in [9.17, 15) is 18.0 Å². The van der Waals surface area contributed by atoms with Crippen LogP contribution in [0.3, 0.4) is 0 Å². The molecule has 2 aromatic rings. The summed E-state index contributed by atoms with van der Waals surface area (Å²) in [5, 5.41) is 0. The van der Waals surface area contributed by atoms with Gasteiger partial charge < -0.3 is 4.90 Å². The van der Waals surface area contributed by atoms with E-state index in [-0.39, 0.29) is 17.3 Å². The Morgan fingerprint density at radius 3 is 2.59 bits per heavy atom. The number of para-hydroxylation sites is 1. The van der Waals surface area contributed by atoms with E-state index in [1.807, 2.05) is 26.0 Å². The predicted molar refractivity (Wildman–Crippen MR) is 109 cm³/mol. The number of aliphatic imine (C=N–C) groups is 2. The summed E-state index contributed by atoms with van der Waals surface area (Å²) in [6.07, 6.45) is -0.881. The molecule has 0 unspecified atom stereocenters. The minimum Gasteiger partial charge on any atom is -0.302 e. The van der Waals surface area contributed by atoms with E-state index in [1.54, 1.807) is 29.3 Å². The van der Waals surface area contributed by atoms with Gasteiger partial charge in [-0.05, 0) is 43.7 Å². The van der Waals surface area contributed by atoms with Crippen molar-refractivity contribution < 1.29 is 18.0 Å². The normalized spacial score (nSPS) is 16.2. The van der Waals surface area contributed by atoms with Gasteiger partial charge in [0.05, 0.1) is 23.5 Å². The lowest BCUT2D eigenvalue weighted by molar-refractivity contribution is -0.137. The van der Waals surface area contributed by atoms with Crippen LogP contribution < -0.4 is 4.90 Å². The van der Waals surface area contributed by atoms with E-state index >= 15 is 0 Å². The number of hydrogen-bond donors (Lipinski definition) is 0. The Hall–Kier alpha value is -3.22. The highest BCUT2D eigenvalue weighted by Gasteiger charge is 2.34. The third-order valence-corrected chi connectivity index (χ3v) is 4.46. The van der Waals surface area contributed by atoms with Crippen molar-refractivity contribution in [3.63, 3.8) is 0 Å². The van der Waals surface area contributed by atoms with Crippen LogP contribution in [0.25, 0.3) is 0 Å². The molecule has 0 fully saturated rings. The number of benzene rings is 2. The largest absolute Gasteiger partial charge is 0.416 e. The topological polar surface area (TPSA) is 45.0 Å². The zero-order valence-electron chi connectivity index (χ0n) is 16.1. The van der Waals surface area contributed by atoms with Crippen LogP contribution in [-0.2, 0) is 11.0 Å². The number of hydrogen-bond acceptors (Lipinski definition) is 3. The SMILES string of the molecule is C/C=C(\C=NCC)CN1C(=O)C(=Nc2cccc(C(F)(F)F)c2)c2ccccc21. The van der Waals surface area contributed by atoms with Crippen molar-refractivity contribution in [2.75, 3.05) is 18.0 Å². The first-order valence-electron chi connectivity index (χ1n) is 9.17. The van der Waals surface area contributed by atoms with Gasteiger partial charge in [-0.25, -0.2) is 4.99 Å².